The molecule has 4 aromatic rings. The van der Waals surface area contributed by atoms with Crippen LogP contribution in [0.3, 0.4) is 0 Å². The molecule has 4 rings (SSSR count). The summed E-state index contributed by atoms with van der Waals surface area (Å²) in [5, 5.41) is 3.24. The van der Waals surface area contributed by atoms with Gasteiger partial charge >= 0.3 is 0 Å². The quantitative estimate of drug-likeness (QED) is 0.555. The lowest BCUT2D eigenvalue weighted by Crippen LogP contribution is -1.96. The Bertz CT molecular complexity index is 1040. The van der Waals surface area contributed by atoms with Gasteiger partial charge in [-0.3, -0.25) is 4.98 Å². The van der Waals surface area contributed by atoms with Crippen LogP contribution < -0.4 is 10.1 Å². The first-order valence-electron chi connectivity index (χ1n) is 8.48. The number of aryl methyl sites for hydroxylation is 1. The zero-order valence-corrected chi connectivity index (χ0v) is 14.7. The van der Waals surface area contributed by atoms with Crippen LogP contribution in [0.25, 0.3) is 11.3 Å². The second-order valence-electron chi connectivity index (χ2n) is 5.86. The highest BCUT2D eigenvalue weighted by Crippen LogP contribution is 2.30. The van der Waals surface area contributed by atoms with Crippen molar-refractivity contribution in [3.63, 3.8) is 0 Å². The van der Waals surface area contributed by atoms with E-state index < -0.39 is 0 Å². The van der Waals surface area contributed by atoms with E-state index in [4.69, 9.17) is 4.74 Å². The lowest BCUT2D eigenvalue weighted by molar-refractivity contribution is 0.462. The standard InChI is InChI=1S/C21H17N5O/c1-15-14-16(9-11-22-15)20-21(25-13-12-24-20)27-18-7-5-17(6-8-18)26-19-4-2-3-10-23-19/h2-14H,1H3,(H,23,26). The van der Waals surface area contributed by atoms with Gasteiger partial charge in [-0.1, -0.05) is 6.07 Å². The highest BCUT2D eigenvalue weighted by atomic mass is 16.5. The number of anilines is 2. The van der Waals surface area contributed by atoms with Crippen molar-refractivity contribution in [2.75, 3.05) is 5.32 Å². The van der Waals surface area contributed by atoms with Crippen LogP contribution in [0.15, 0.2) is 79.4 Å². The van der Waals surface area contributed by atoms with E-state index in [0.29, 0.717) is 17.3 Å². The van der Waals surface area contributed by atoms with Gasteiger partial charge < -0.3 is 10.1 Å². The van der Waals surface area contributed by atoms with Crippen molar-refractivity contribution in [2.24, 2.45) is 0 Å². The summed E-state index contributed by atoms with van der Waals surface area (Å²) in [7, 11) is 0. The number of aromatic nitrogens is 4. The third-order valence-corrected chi connectivity index (χ3v) is 3.84. The molecule has 0 saturated heterocycles. The maximum absolute atomic E-state index is 5.97. The fraction of sp³-hybridized carbons (Fsp3) is 0.0476. The summed E-state index contributed by atoms with van der Waals surface area (Å²) in [6.07, 6.45) is 6.76. The molecular weight excluding hydrogens is 338 g/mol. The third kappa shape index (κ3) is 4.07. The van der Waals surface area contributed by atoms with Crippen molar-refractivity contribution >= 4 is 11.5 Å². The van der Waals surface area contributed by atoms with E-state index in [1.165, 1.54) is 0 Å². The normalized spacial score (nSPS) is 10.4. The highest BCUT2D eigenvalue weighted by Gasteiger charge is 2.11. The zero-order chi connectivity index (χ0) is 18.5. The third-order valence-electron chi connectivity index (χ3n) is 3.84. The van der Waals surface area contributed by atoms with Crippen LogP contribution in [0.5, 0.6) is 11.6 Å². The van der Waals surface area contributed by atoms with Crippen LogP contribution in [0.1, 0.15) is 5.69 Å². The molecule has 0 aliphatic rings. The molecule has 132 valence electrons. The fourth-order valence-electron chi connectivity index (χ4n) is 2.59. The Balaban J connectivity index is 1.55. The largest absolute Gasteiger partial charge is 0.437 e. The van der Waals surface area contributed by atoms with Crippen molar-refractivity contribution in [2.45, 2.75) is 6.92 Å². The van der Waals surface area contributed by atoms with E-state index in [0.717, 1.165) is 22.8 Å². The molecule has 0 amide bonds. The summed E-state index contributed by atoms with van der Waals surface area (Å²) in [5.41, 5.74) is 3.43. The second-order valence-corrected chi connectivity index (χ2v) is 5.86. The Morgan fingerprint density at radius 3 is 2.41 bits per heavy atom. The first kappa shape index (κ1) is 16.7. The molecule has 1 aromatic carbocycles. The van der Waals surface area contributed by atoms with Crippen LogP contribution >= 0.6 is 0 Å². The first-order valence-corrected chi connectivity index (χ1v) is 8.48. The molecule has 0 atom stereocenters. The summed E-state index contributed by atoms with van der Waals surface area (Å²) in [4.78, 5) is 17.2. The predicted molar refractivity (Wildman–Crippen MR) is 104 cm³/mol. The smallest absolute Gasteiger partial charge is 0.246 e. The molecule has 0 fully saturated rings. The molecule has 3 aromatic heterocycles. The minimum atomic E-state index is 0.452. The number of nitrogens with one attached hydrogen (secondary N) is 1. The van der Waals surface area contributed by atoms with Crippen LogP contribution in [0.4, 0.5) is 11.5 Å². The monoisotopic (exact) mass is 355 g/mol. The van der Waals surface area contributed by atoms with Gasteiger partial charge in [0.15, 0.2) is 0 Å². The average Bonchev–Trinajstić information content (AvgIpc) is 2.71. The molecule has 0 saturated carbocycles. The van der Waals surface area contributed by atoms with Gasteiger partial charge in [0, 0.05) is 41.7 Å². The number of hydrogen-bond acceptors (Lipinski definition) is 6. The number of pyridine rings is 2. The van der Waals surface area contributed by atoms with Gasteiger partial charge in [0.25, 0.3) is 0 Å². The number of ether oxygens (including phenoxy) is 1. The van der Waals surface area contributed by atoms with E-state index in [1.807, 2.05) is 61.5 Å². The molecule has 6 heteroatoms. The SMILES string of the molecule is Cc1cc(-c2nccnc2Oc2ccc(Nc3ccccn3)cc2)ccn1. The van der Waals surface area contributed by atoms with Crippen LogP contribution in [-0.2, 0) is 0 Å². The van der Waals surface area contributed by atoms with Crippen molar-refractivity contribution in [1.29, 1.82) is 0 Å². The van der Waals surface area contributed by atoms with Crippen molar-refractivity contribution in [3.8, 4) is 22.9 Å². The van der Waals surface area contributed by atoms with Crippen LogP contribution in [0.2, 0.25) is 0 Å². The minimum absolute atomic E-state index is 0.452. The molecule has 27 heavy (non-hydrogen) atoms. The van der Waals surface area contributed by atoms with Gasteiger partial charge in [-0.15, -0.1) is 0 Å². The maximum atomic E-state index is 5.97. The lowest BCUT2D eigenvalue weighted by atomic mass is 10.1. The summed E-state index contributed by atoms with van der Waals surface area (Å²) in [6.45, 7) is 1.94. The molecular formula is C21H17N5O. The number of benzene rings is 1. The maximum Gasteiger partial charge on any atom is 0.246 e. The molecule has 6 nitrogen and oxygen atoms in total. The summed E-state index contributed by atoms with van der Waals surface area (Å²) < 4.78 is 5.97. The molecule has 0 unspecified atom stereocenters. The molecule has 0 bridgehead atoms. The van der Waals surface area contributed by atoms with Gasteiger partial charge in [0.2, 0.25) is 5.88 Å². The van der Waals surface area contributed by atoms with Gasteiger partial charge in [-0.25, -0.2) is 15.0 Å². The van der Waals surface area contributed by atoms with Crippen molar-refractivity contribution in [3.05, 3.63) is 85.1 Å². The minimum Gasteiger partial charge on any atom is -0.437 e. The molecule has 0 aliphatic heterocycles. The predicted octanol–water partition coefficient (Wildman–Crippen LogP) is 4.78. The molecule has 1 N–H and O–H groups in total. The molecule has 0 radical (unpaired) electrons. The summed E-state index contributed by atoms with van der Waals surface area (Å²) >= 11 is 0. The number of hydrogen-bond donors (Lipinski definition) is 1. The Labute approximate surface area is 157 Å². The van der Waals surface area contributed by atoms with E-state index in [-0.39, 0.29) is 0 Å². The molecule has 0 spiro atoms. The Hall–Kier alpha value is -3.80. The Kier molecular flexibility index (Phi) is 4.70. The topological polar surface area (TPSA) is 72.8 Å². The van der Waals surface area contributed by atoms with Crippen molar-refractivity contribution < 1.29 is 4.74 Å². The molecule has 0 aliphatic carbocycles. The van der Waals surface area contributed by atoms with E-state index in [1.54, 1.807) is 24.8 Å². The summed E-state index contributed by atoms with van der Waals surface area (Å²) in [6, 6.07) is 17.2. The van der Waals surface area contributed by atoms with Gasteiger partial charge in [-0.2, -0.15) is 0 Å². The Morgan fingerprint density at radius 2 is 1.63 bits per heavy atom. The number of rotatable bonds is 5. The second kappa shape index (κ2) is 7.61. The fourth-order valence-corrected chi connectivity index (χ4v) is 2.59. The van der Waals surface area contributed by atoms with Gasteiger partial charge in [0.05, 0.1) is 0 Å². The van der Waals surface area contributed by atoms with E-state index in [2.05, 4.69) is 25.3 Å². The average molecular weight is 355 g/mol. The Morgan fingerprint density at radius 1 is 0.778 bits per heavy atom. The summed E-state index contributed by atoms with van der Waals surface area (Å²) in [5.74, 6) is 1.91. The van der Waals surface area contributed by atoms with Gasteiger partial charge in [-0.05, 0) is 55.5 Å². The zero-order valence-electron chi connectivity index (χ0n) is 14.7. The van der Waals surface area contributed by atoms with E-state index >= 15 is 0 Å². The molecule has 3 heterocycles. The van der Waals surface area contributed by atoms with Crippen molar-refractivity contribution in [1.82, 2.24) is 19.9 Å². The highest BCUT2D eigenvalue weighted by molar-refractivity contribution is 5.64. The van der Waals surface area contributed by atoms with Crippen LogP contribution in [-0.4, -0.2) is 19.9 Å². The number of nitrogens with zero attached hydrogens (tertiary/aromatic N) is 4. The van der Waals surface area contributed by atoms with Crippen LogP contribution in [0, 0.1) is 6.92 Å². The van der Waals surface area contributed by atoms with Gasteiger partial charge in [0.1, 0.15) is 17.3 Å². The lowest BCUT2D eigenvalue weighted by Gasteiger charge is -2.10. The van der Waals surface area contributed by atoms with E-state index in [9.17, 15) is 0 Å². The first-order chi connectivity index (χ1) is 13.3.